The first-order valence-corrected chi connectivity index (χ1v) is 19.3. The first-order chi connectivity index (χ1) is 24.2. The molecule has 1 aromatic heterocycles. The normalized spacial score (nSPS) is 23.9. The van der Waals surface area contributed by atoms with Crippen molar-refractivity contribution in [3.05, 3.63) is 43.1 Å². The Bertz CT molecular complexity index is 1560. The lowest BCUT2D eigenvalue weighted by molar-refractivity contribution is -0.157. The molecule has 1 saturated carbocycles. The van der Waals surface area contributed by atoms with Crippen LogP contribution in [-0.2, 0) is 19.1 Å². The number of carbonyl (C=O) groups is 3. The second-order valence-corrected chi connectivity index (χ2v) is 16.6. The van der Waals surface area contributed by atoms with E-state index < -0.39 is 47.5 Å². The molecule has 12 heteroatoms. The Hall–Kier alpha value is -3.42. The largest absolute Gasteiger partial charge is 0.497 e. The van der Waals surface area contributed by atoms with Crippen LogP contribution in [0.4, 0.5) is 4.79 Å². The van der Waals surface area contributed by atoms with Crippen LogP contribution in [0.3, 0.4) is 0 Å². The van der Waals surface area contributed by atoms with Crippen LogP contribution in [-0.4, -0.2) is 81.3 Å². The molecule has 1 saturated heterocycles. The number of esters is 1. The van der Waals surface area contributed by atoms with Crippen LogP contribution in [0.15, 0.2) is 37.4 Å². The van der Waals surface area contributed by atoms with Crippen LogP contribution in [0.25, 0.3) is 17.1 Å². The van der Waals surface area contributed by atoms with Crippen molar-refractivity contribution in [1.29, 1.82) is 0 Å². The van der Waals surface area contributed by atoms with Gasteiger partial charge in [-0.2, -0.15) is 0 Å². The Morgan fingerprint density at radius 3 is 2.47 bits per heavy atom. The van der Waals surface area contributed by atoms with Crippen molar-refractivity contribution in [1.82, 2.24) is 20.2 Å². The number of fused-ring (bicyclic) bond motifs is 1. The van der Waals surface area contributed by atoms with E-state index in [2.05, 4.69) is 46.0 Å². The number of allylic oxidation sites excluding steroid dienone is 1. The van der Waals surface area contributed by atoms with Crippen LogP contribution in [0.2, 0.25) is 0 Å². The summed E-state index contributed by atoms with van der Waals surface area (Å²) in [7, 11) is 1.58. The van der Waals surface area contributed by atoms with E-state index in [1.807, 2.05) is 53.7 Å². The second-order valence-electron chi connectivity index (χ2n) is 15.0. The van der Waals surface area contributed by atoms with E-state index in [4.69, 9.17) is 23.9 Å². The summed E-state index contributed by atoms with van der Waals surface area (Å²) >= 11 is 2.45. The quantitative estimate of drug-likeness (QED) is 0.0637. The molecule has 1 aromatic carbocycles. The fourth-order valence-corrected chi connectivity index (χ4v) is 8.15. The molecule has 2 heterocycles. The molecule has 1 aliphatic heterocycles. The number of alkyl carbamates (subject to hydrolysis) is 1. The number of carbonyl (C=O) groups excluding carboxylic acids is 3. The zero-order chi connectivity index (χ0) is 37.5. The smallest absolute Gasteiger partial charge is 0.408 e. The monoisotopic (exact) mass is 818 g/mol. The molecule has 2 aromatic rings. The molecule has 51 heavy (non-hydrogen) atoms. The molecule has 11 nitrogen and oxygen atoms in total. The number of aromatic nitrogens is 2. The average molecular weight is 819 g/mol. The lowest BCUT2D eigenvalue weighted by Gasteiger charge is -2.35. The van der Waals surface area contributed by atoms with E-state index in [1.54, 1.807) is 25.3 Å². The Balaban J connectivity index is 1.63. The number of benzene rings is 1. The van der Waals surface area contributed by atoms with Gasteiger partial charge >= 0.3 is 12.1 Å². The molecule has 1 N–H and O–H groups in total. The number of hydrogen-bond donors (Lipinski definition) is 1. The van der Waals surface area contributed by atoms with Crippen LogP contribution in [0.1, 0.15) is 85.8 Å². The van der Waals surface area contributed by atoms with Gasteiger partial charge in [0.25, 0.3) is 0 Å². The molecule has 2 fully saturated rings. The van der Waals surface area contributed by atoms with Crippen molar-refractivity contribution in [2.75, 3.05) is 20.3 Å². The number of alkyl halides is 1. The molecular weight excluding hydrogens is 763 g/mol. The third-order valence-corrected chi connectivity index (χ3v) is 11.3. The summed E-state index contributed by atoms with van der Waals surface area (Å²) in [5.74, 6) is -0.155. The van der Waals surface area contributed by atoms with Crippen LogP contribution in [0, 0.1) is 23.2 Å². The number of likely N-dealkylation sites (tertiary alicyclic amines) is 1. The van der Waals surface area contributed by atoms with Crippen LogP contribution in [0.5, 0.6) is 11.6 Å². The number of nitrogens with zero attached hydrogens (tertiary/aromatic N) is 3. The molecule has 280 valence electrons. The zero-order valence-electron chi connectivity index (χ0n) is 31.2. The van der Waals surface area contributed by atoms with E-state index in [-0.39, 0.29) is 37.0 Å². The topological polar surface area (TPSA) is 129 Å². The molecular formula is C39H55IN4O7. The van der Waals surface area contributed by atoms with Gasteiger partial charge < -0.3 is 29.2 Å². The molecule has 0 unspecified atom stereocenters. The average Bonchev–Trinajstić information content (AvgIpc) is 3.63. The van der Waals surface area contributed by atoms with Gasteiger partial charge in [0.2, 0.25) is 11.8 Å². The Kier molecular flexibility index (Phi) is 14.1. The van der Waals surface area contributed by atoms with Crippen molar-refractivity contribution < 1.29 is 33.3 Å². The number of ether oxygens (including phenoxy) is 4. The minimum Gasteiger partial charge on any atom is -0.497 e. The van der Waals surface area contributed by atoms with Gasteiger partial charge in [-0.1, -0.05) is 76.8 Å². The third kappa shape index (κ3) is 9.92. The van der Waals surface area contributed by atoms with Gasteiger partial charge in [0.1, 0.15) is 35.7 Å². The summed E-state index contributed by atoms with van der Waals surface area (Å²) in [5, 5.41) is 2.91. The van der Waals surface area contributed by atoms with E-state index >= 15 is 0 Å². The molecule has 1 aliphatic carbocycles. The van der Waals surface area contributed by atoms with Crippen molar-refractivity contribution in [3.8, 4) is 11.6 Å². The highest BCUT2D eigenvalue weighted by molar-refractivity contribution is 14.1. The number of unbranched alkanes of at least 4 members (excludes halogenated alkanes) is 1. The zero-order valence-corrected chi connectivity index (χ0v) is 33.3. The maximum atomic E-state index is 14.7. The number of halogens is 1. The lowest BCUT2D eigenvalue weighted by atomic mass is 9.85. The van der Waals surface area contributed by atoms with E-state index in [9.17, 15) is 14.4 Å². The summed E-state index contributed by atoms with van der Waals surface area (Å²) < 4.78 is 24.1. The Morgan fingerprint density at radius 1 is 1.10 bits per heavy atom. The number of hydrogen-bond acceptors (Lipinski definition) is 9. The number of amides is 2. The Labute approximate surface area is 316 Å². The van der Waals surface area contributed by atoms with E-state index in [0.717, 1.165) is 32.1 Å². The lowest BCUT2D eigenvalue weighted by Crippen LogP contribution is -2.57. The van der Waals surface area contributed by atoms with E-state index in [0.29, 0.717) is 32.8 Å². The maximum absolute atomic E-state index is 14.7. The van der Waals surface area contributed by atoms with Crippen molar-refractivity contribution in [2.45, 2.75) is 108 Å². The van der Waals surface area contributed by atoms with Crippen molar-refractivity contribution >= 4 is 57.7 Å². The van der Waals surface area contributed by atoms with Gasteiger partial charge in [-0.25, -0.2) is 19.6 Å². The standard InChI is InChI=1S/C39H55IN4O7/c1-10-13-14-15-26-27(40)17-19-31(26)51-38(47)43-34(39(6,7)8)36(45)44-21-32(25(11-2)33(44)37(46)49-22-23(4)5)50-35-28(12-3)41-29-18-16-24(48-9)20-30(29)42-35/h10,12,16,18,20,23,25-27,31-34H,1,3,11,13-15,17,19,21-22H2,2,4-9H3,(H,43,47)/t25-,26-,27+,31-,32+,33+,34-/m1/s1. The molecule has 2 amide bonds. The highest BCUT2D eigenvalue weighted by Crippen LogP contribution is 2.39. The van der Waals surface area contributed by atoms with Crippen molar-refractivity contribution in [3.63, 3.8) is 0 Å². The fourth-order valence-electron chi connectivity index (χ4n) is 6.97. The van der Waals surface area contributed by atoms with Gasteiger partial charge in [-0.05, 0) is 68.1 Å². The molecule has 2 aliphatic rings. The predicted octanol–water partition coefficient (Wildman–Crippen LogP) is 7.54. The first kappa shape index (κ1) is 40.4. The van der Waals surface area contributed by atoms with Gasteiger partial charge in [0.15, 0.2) is 0 Å². The van der Waals surface area contributed by atoms with Gasteiger partial charge in [0.05, 0.1) is 31.3 Å². The molecule has 4 rings (SSSR count). The molecule has 0 radical (unpaired) electrons. The molecule has 0 bridgehead atoms. The highest BCUT2D eigenvalue weighted by atomic mass is 127. The molecule has 7 atom stereocenters. The predicted molar refractivity (Wildman–Crippen MR) is 207 cm³/mol. The number of methoxy groups -OCH3 is 1. The Morgan fingerprint density at radius 2 is 1.84 bits per heavy atom. The first-order valence-electron chi connectivity index (χ1n) is 18.1. The molecule has 0 spiro atoms. The summed E-state index contributed by atoms with van der Waals surface area (Å²) in [5.41, 5.74) is 0.930. The van der Waals surface area contributed by atoms with Gasteiger partial charge in [-0.15, -0.1) is 6.58 Å². The minimum absolute atomic E-state index is 0.0705. The summed E-state index contributed by atoms with van der Waals surface area (Å²) in [6.45, 7) is 19.5. The SMILES string of the molecule is C=CCCC[C@@H]1[C@@H](I)CC[C@H]1OC(=O)N[C@H](C(=O)N1C[C@H](Oc2nc3cc(OC)ccc3nc2C=C)[C@@H](CC)[C@H]1C(=O)OCC(C)C)C(C)(C)C. The highest BCUT2D eigenvalue weighted by Gasteiger charge is 2.52. The van der Waals surface area contributed by atoms with Gasteiger partial charge in [0, 0.05) is 21.8 Å². The second kappa shape index (κ2) is 17.9. The minimum atomic E-state index is -0.991. The number of nitrogens with one attached hydrogen (secondary N) is 1. The maximum Gasteiger partial charge on any atom is 0.408 e. The van der Waals surface area contributed by atoms with Gasteiger partial charge in [-0.3, -0.25) is 4.79 Å². The fraction of sp³-hybridized carbons (Fsp3) is 0.615. The van der Waals surface area contributed by atoms with E-state index in [1.165, 1.54) is 4.90 Å². The summed E-state index contributed by atoms with van der Waals surface area (Å²) in [6.07, 6.45) is 7.07. The summed E-state index contributed by atoms with van der Waals surface area (Å²) in [6, 6.07) is 3.44. The van der Waals surface area contributed by atoms with Crippen molar-refractivity contribution in [2.24, 2.45) is 23.2 Å². The van der Waals surface area contributed by atoms with Crippen LogP contribution < -0.4 is 14.8 Å². The number of rotatable bonds is 15. The third-order valence-electron chi connectivity index (χ3n) is 9.72. The van der Waals surface area contributed by atoms with Crippen LogP contribution >= 0.6 is 22.6 Å². The summed E-state index contributed by atoms with van der Waals surface area (Å²) in [4.78, 5) is 53.0.